The second-order valence-electron chi connectivity index (χ2n) is 6.87. The summed E-state index contributed by atoms with van der Waals surface area (Å²) >= 11 is 11.7. The minimum Gasteiger partial charge on any atom is -0.465 e. The first-order valence-corrected chi connectivity index (χ1v) is 9.54. The molecule has 2 N–H and O–H groups in total. The minimum atomic E-state index is -0.427. The highest BCUT2D eigenvalue weighted by atomic mass is 35.5. The lowest BCUT2D eigenvalue weighted by Gasteiger charge is -2.26. The predicted molar refractivity (Wildman–Crippen MR) is 116 cm³/mol. The number of halogens is 1. The van der Waals surface area contributed by atoms with E-state index >= 15 is 0 Å². The Labute approximate surface area is 171 Å². The quantitative estimate of drug-likeness (QED) is 0.514. The molecule has 2 aromatic rings. The summed E-state index contributed by atoms with van der Waals surface area (Å²) in [7, 11) is 1.34. The number of anilines is 1. The minimum absolute atomic E-state index is 0.0492. The normalized spacial score (nSPS) is 11.8. The van der Waals surface area contributed by atoms with E-state index in [-0.39, 0.29) is 6.04 Å². The number of ether oxygens (including phenoxy) is 1. The summed E-state index contributed by atoms with van der Waals surface area (Å²) in [5.74, 6) is -0.105. The molecular weight excluding hydrogens is 380 g/mol. The van der Waals surface area contributed by atoms with Crippen LogP contribution in [0.1, 0.15) is 46.9 Å². The molecule has 0 aromatic heterocycles. The first kappa shape index (κ1) is 21.2. The van der Waals surface area contributed by atoms with Gasteiger partial charge in [0.05, 0.1) is 29.4 Å². The van der Waals surface area contributed by atoms with Crippen LogP contribution < -0.4 is 10.6 Å². The van der Waals surface area contributed by atoms with Gasteiger partial charge in [-0.05, 0) is 61.3 Å². The number of hydrogen-bond donors (Lipinski definition) is 2. The van der Waals surface area contributed by atoms with E-state index in [2.05, 4.69) is 56.5 Å². The van der Waals surface area contributed by atoms with Gasteiger partial charge in [0.1, 0.15) is 0 Å². The third-order valence-electron chi connectivity index (χ3n) is 4.35. The Bertz CT molecular complexity index is 852. The van der Waals surface area contributed by atoms with E-state index in [4.69, 9.17) is 28.6 Å². The number of hydrogen-bond acceptors (Lipinski definition) is 3. The van der Waals surface area contributed by atoms with Crippen molar-refractivity contribution in [3.63, 3.8) is 0 Å². The van der Waals surface area contributed by atoms with Crippen LogP contribution in [0.3, 0.4) is 0 Å². The highest BCUT2D eigenvalue weighted by Crippen LogP contribution is 2.27. The van der Waals surface area contributed by atoms with Crippen LogP contribution >= 0.6 is 23.8 Å². The van der Waals surface area contributed by atoms with E-state index in [1.54, 1.807) is 18.2 Å². The molecular formula is C21H25ClN2O2S. The molecule has 0 radical (unpaired) electrons. The van der Waals surface area contributed by atoms with E-state index < -0.39 is 5.97 Å². The lowest BCUT2D eigenvalue weighted by atomic mass is 9.92. The van der Waals surface area contributed by atoms with Gasteiger partial charge in [0.25, 0.3) is 0 Å². The van der Waals surface area contributed by atoms with Crippen LogP contribution in [-0.2, 0) is 4.74 Å². The smallest absolute Gasteiger partial charge is 0.337 e. The molecule has 0 saturated heterocycles. The van der Waals surface area contributed by atoms with Crippen molar-refractivity contribution in [1.29, 1.82) is 0 Å². The maximum absolute atomic E-state index is 11.7. The van der Waals surface area contributed by atoms with Crippen LogP contribution in [0.2, 0.25) is 5.02 Å². The molecule has 27 heavy (non-hydrogen) atoms. The third kappa shape index (κ3) is 5.44. The van der Waals surface area contributed by atoms with Gasteiger partial charge in [0.15, 0.2) is 5.11 Å². The number of aryl methyl sites for hydroxylation is 2. The molecule has 1 atom stereocenters. The molecule has 144 valence electrons. The number of thiocarbonyl (C=S) groups is 1. The van der Waals surface area contributed by atoms with Crippen molar-refractivity contribution in [3.8, 4) is 0 Å². The molecule has 0 aliphatic carbocycles. The van der Waals surface area contributed by atoms with Gasteiger partial charge >= 0.3 is 5.97 Å². The number of nitrogens with one attached hydrogen (secondary N) is 2. The number of methoxy groups -OCH3 is 1. The van der Waals surface area contributed by atoms with Crippen LogP contribution in [-0.4, -0.2) is 18.2 Å². The van der Waals surface area contributed by atoms with Crippen LogP contribution in [0.15, 0.2) is 36.4 Å². The highest BCUT2D eigenvalue weighted by molar-refractivity contribution is 7.80. The molecule has 0 aliphatic heterocycles. The fourth-order valence-corrected chi connectivity index (χ4v) is 3.35. The van der Waals surface area contributed by atoms with Crippen molar-refractivity contribution in [2.75, 3.05) is 12.4 Å². The standard InChI is InChI=1S/C21H25ClN2O2S/c1-12(2)19(16-8-6-13(3)10-14(16)4)24-21(27)23-18-11-15(20(25)26-5)7-9-17(18)22/h6-12,19H,1-5H3,(H2,23,24,27). The topological polar surface area (TPSA) is 50.4 Å². The summed E-state index contributed by atoms with van der Waals surface area (Å²) in [6, 6.07) is 11.3. The fourth-order valence-electron chi connectivity index (χ4n) is 2.94. The summed E-state index contributed by atoms with van der Waals surface area (Å²) in [4.78, 5) is 11.7. The second kappa shape index (κ2) is 9.20. The predicted octanol–water partition coefficient (Wildman–Crippen LogP) is 5.43. The first-order chi connectivity index (χ1) is 12.7. The van der Waals surface area contributed by atoms with E-state index in [0.29, 0.717) is 27.3 Å². The van der Waals surface area contributed by atoms with Crippen LogP contribution in [0, 0.1) is 19.8 Å². The summed E-state index contributed by atoms with van der Waals surface area (Å²) in [5, 5.41) is 7.39. The van der Waals surface area contributed by atoms with E-state index in [0.717, 1.165) is 0 Å². The molecule has 4 nitrogen and oxygen atoms in total. The summed E-state index contributed by atoms with van der Waals surface area (Å²) in [6.45, 7) is 8.47. The molecule has 0 fully saturated rings. The molecule has 1 unspecified atom stereocenters. The van der Waals surface area contributed by atoms with Crippen LogP contribution in [0.4, 0.5) is 5.69 Å². The summed E-state index contributed by atoms with van der Waals surface area (Å²) in [5.41, 5.74) is 4.61. The molecule has 0 saturated carbocycles. The molecule has 0 aliphatic rings. The number of esters is 1. The molecule has 0 bridgehead atoms. The Morgan fingerprint density at radius 1 is 1.15 bits per heavy atom. The van der Waals surface area contributed by atoms with Crippen LogP contribution in [0.25, 0.3) is 0 Å². The zero-order valence-corrected chi connectivity index (χ0v) is 17.8. The lowest BCUT2D eigenvalue weighted by Crippen LogP contribution is -2.35. The van der Waals surface area contributed by atoms with Crippen molar-refractivity contribution in [1.82, 2.24) is 5.32 Å². The average Bonchev–Trinajstić information content (AvgIpc) is 2.61. The van der Waals surface area contributed by atoms with Crippen molar-refractivity contribution < 1.29 is 9.53 Å². The maximum atomic E-state index is 11.7. The van der Waals surface area contributed by atoms with E-state index in [1.165, 1.54) is 23.8 Å². The maximum Gasteiger partial charge on any atom is 0.337 e. The molecule has 2 rings (SSSR count). The Morgan fingerprint density at radius 2 is 1.85 bits per heavy atom. The second-order valence-corrected chi connectivity index (χ2v) is 7.68. The van der Waals surface area contributed by atoms with Crippen molar-refractivity contribution in [3.05, 3.63) is 63.7 Å². The molecule has 6 heteroatoms. The van der Waals surface area contributed by atoms with Crippen LogP contribution in [0.5, 0.6) is 0 Å². The van der Waals surface area contributed by atoms with E-state index in [9.17, 15) is 4.79 Å². The Balaban J connectivity index is 2.21. The zero-order valence-electron chi connectivity index (χ0n) is 16.2. The molecule has 0 heterocycles. The third-order valence-corrected chi connectivity index (χ3v) is 4.90. The summed E-state index contributed by atoms with van der Waals surface area (Å²) in [6.07, 6.45) is 0. The number of rotatable bonds is 5. The lowest BCUT2D eigenvalue weighted by molar-refractivity contribution is 0.0601. The Morgan fingerprint density at radius 3 is 2.44 bits per heavy atom. The molecule has 0 spiro atoms. The largest absolute Gasteiger partial charge is 0.465 e. The van der Waals surface area contributed by atoms with Gasteiger partial charge in [-0.15, -0.1) is 0 Å². The summed E-state index contributed by atoms with van der Waals surface area (Å²) < 4.78 is 4.75. The van der Waals surface area contributed by atoms with Gasteiger partial charge in [-0.1, -0.05) is 49.2 Å². The average molecular weight is 405 g/mol. The van der Waals surface area contributed by atoms with Gasteiger partial charge in [-0.3, -0.25) is 0 Å². The monoisotopic (exact) mass is 404 g/mol. The van der Waals surface area contributed by atoms with Crippen molar-refractivity contribution in [2.45, 2.75) is 33.7 Å². The van der Waals surface area contributed by atoms with Crippen molar-refractivity contribution >= 4 is 40.6 Å². The van der Waals surface area contributed by atoms with Gasteiger partial charge in [0, 0.05) is 0 Å². The van der Waals surface area contributed by atoms with Gasteiger partial charge in [-0.25, -0.2) is 4.79 Å². The number of carbonyl (C=O) groups is 1. The Hall–Kier alpha value is -2.11. The van der Waals surface area contributed by atoms with Gasteiger partial charge in [0.2, 0.25) is 0 Å². The van der Waals surface area contributed by atoms with Gasteiger partial charge < -0.3 is 15.4 Å². The number of carbonyl (C=O) groups excluding carboxylic acids is 1. The van der Waals surface area contributed by atoms with E-state index in [1.807, 2.05) is 0 Å². The first-order valence-electron chi connectivity index (χ1n) is 8.75. The van der Waals surface area contributed by atoms with Gasteiger partial charge in [-0.2, -0.15) is 0 Å². The Kier molecular flexibility index (Phi) is 7.22. The fraction of sp³-hybridized carbons (Fsp3) is 0.333. The highest BCUT2D eigenvalue weighted by Gasteiger charge is 2.19. The number of benzene rings is 2. The molecule has 2 aromatic carbocycles. The zero-order chi connectivity index (χ0) is 20.1. The molecule has 0 amide bonds. The van der Waals surface area contributed by atoms with Crippen molar-refractivity contribution in [2.24, 2.45) is 5.92 Å². The SMILES string of the molecule is COC(=O)c1ccc(Cl)c(NC(=S)NC(c2ccc(C)cc2C)C(C)C)c1.